The lowest BCUT2D eigenvalue weighted by molar-refractivity contribution is 0.565. The summed E-state index contributed by atoms with van der Waals surface area (Å²) in [5.74, 6) is 0. The zero-order chi connectivity index (χ0) is 23.1. The predicted molar refractivity (Wildman–Crippen MR) is 139 cm³/mol. The minimum absolute atomic E-state index is 0.0578. The Hall–Kier alpha value is -3.15. The van der Waals surface area contributed by atoms with E-state index in [-0.39, 0.29) is 12.1 Å². The molecule has 1 aliphatic heterocycles. The number of para-hydroxylation sites is 1. The van der Waals surface area contributed by atoms with Crippen LogP contribution in [0.25, 0.3) is 5.69 Å². The number of nitrogens with zero attached hydrogens (tertiary/aromatic N) is 3. The lowest BCUT2D eigenvalue weighted by Crippen LogP contribution is -2.29. The van der Waals surface area contributed by atoms with E-state index in [1.807, 2.05) is 36.5 Å². The summed E-state index contributed by atoms with van der Waals surface area (Å²) in [6, 6.07) is 24.6. The van der Waals surface area contributed by atoms with Crippen LogP contribution in [-0.4, -0.2) is 14.7 Å². The van der Waals surface area contributed by atoms with Crippen molar-refractivity contribution < 1.29 is 0 Å². The van der Waals surface area contributed by atoms with Crippen molar-refractivity contribution in [1.82, 2.24) is 14.9 Å². The van der Waals surface area contributed by atoms with Crippen molar-refractivity contribution in [2.45, 2.75) is 32.9 Å². The molecule has 1 aliphatic rings. The van der Waals surface area contributed by atoms with Crippen molar-refractivity contribution in [1.29, 1.82) is 0 Å². The van der Waals surface area contributed by atoms with Crippen LogP contribution in [0.3, 0.4) is 0 Å². The molecule has 0 bridgehead atoms. The Balaban J connectivity index is 1.69. The van der Waals surface area contributed by atoms with Gasteiger partial charge in [-0.25, -0.2) is 0 Å². The molecule has 166 valence electrons. The Morgan fingerprint density at radius 3 is 2.36 bits per heavy atom. The van der Waals surface area contributed by atoms with E-state index in [4.69, 9.17) is 23.8 Å². The van der Waals surface area contributed by atoms with Gasteiger partial charge in [0.25, 0.3) is 0 Å². The summed E-state index contributed by atoms with van der Waals surface area (Å²) in [7, 11) is 0. The Morgan fingerprint density at radius 2 is 1.67 bits per heavy atom. The van der Waals surface area contributed by atoms with Crippen LogP contribution < -0.4 is 10.2 Å². The van der Waals surface area contributed by atoms with Gasteiger partial charge in [-0.1, -0.05) is 47.5 Å². The molecule has 2 atom stereocenters. The van der Waals surface area contributed by atoms with Gasteiger partial charge < -0.3 is 14.8 Å². The molecule has 2 aromatic heterocycles. The number of benzene rings is 2. The molecule has 1 N–H and O–H groups in total. The van der Waals surface area contributed by atoms with Gasteiger partial charge in [0.1, 0.15) is 0 Å². The summed E-state index contributed by atoms with van der Waals surface area (Å²) < 4.78 is 2.22. The third kappa shape index (κ3) is 3.81. The van der Waals surface area contributed by atoms with Gasteiger partial charge in [0.05, 0.1) is 28.5 Å². The van der Waals surface area contributed by atoms with Crippen molar-refractivity contribution in [3.63, 3.8) is 0 Å². The van der Waals surface area contributed by atoms with E-state index in [1.54, 1.807) is 0 Å². The molecule has 0 aliphatic carbocycles. The first-order chi connectivity index (χ1) is 16.0. The molecular formula is C27H25ClN4S. The van der Waals surface area contributed by atoms with E-state index < -0.39 is 0 Å². The number of hydrogen-bond donors (Lipinski definition) is 1. The fourth-order valence-electron chi connectivity index (χ4n) is 4.75. The Kier molecular flexibility index (Phi) is 5.69. The molecule has 33 heavy (non-hydrogen) atoms. The minimum atomic E-state index is -0.0831. The van der Waals surface area contributed by atoms with Crippen LogP contribution in [0.15, 0.2) is 79.0 Å². The molecule has 2 aromatic carbocycles. The van der Waals surface area contributed by atoms with Gasteiger partial charge >= 0.3 is 0 Å². The first kappa shape index (κ1) is 21.7. The molecule has 0 saturated carbocycles. The fraction of sp³-hybridized carbons (Fsp3) is 0.185. The predicted octanol–water partition coefficient (Wildman–Crippen LogP) is 6.63. The van der Waals surface area contributed by atoms with Crippen LogP contribution in [0.2, 0.25) is 5.02 Å². The highest BCUT2D eigenvalue weighted by Gasteiger charge is 2.42. The van der Waals surface area contributed by atoms with Crippen molar-refractivity contribution in [2.24, 2.45) is 0 Å². The topological polar surface area (TPSA) is 33.1 Å². The largest absolute Gasteiger partial charge is 0.351 e. The molecule has 0 radical (unpaired) electrons. The number of nitrogens with one attached hydrogen (secondary N) is 1. The molecule has 0 spiro atoms. The zero-order valence-electron chi connectivity index (χ0n) is 18.8. The number of aromatic nitrogens is 2. The maximum absolute atomic E-state index is 6.58. The molecule has 1 fully saturated rings. The molecule has 4 aromatic rings. The second kappa shape index (κ2) is 8.65. The number of anilines is 1. The smallest absolute Gasteiger partial charge is 0.174 e. The van der Waals surface area contributed by atoms with Crippen molar-refractivity contribution in [2.75, 3.05) is 4.90 Å². The quantitative estimate of drug-likeness (QED) is 0.338. The van der Waals surface area contributed by atoms with E-state index in [9.17, 15) is 0 Å². The van der Waals surface area contributed by atoms with Gasteiger partial charge in [-0.15, -0.1) is 0 Å². The highest BCUT2D eigenvalue weighted by Crippen LogP contribution is 2.44. The van der Waals surface area contributed by atoms with Gasteiger partial charge in [0, 0.05) is 23.3 Å². The van der Waals surface area contributed by atoms with E-state index in [1.165, 1.54) is 11.1 Å². The van der Waals surface area contributed by atoms with Crippen molar-refractivity contribution in [3.05, 3.63) is 112 Å². The normalized spacial score (nSPS) is 17.9. The van der Waals surface area contributed by atoms with Gasteiger partial charge in [-0.05, 0) is 81.0 Å². The number of hydrogen-bond acceptors (Lipinski definition) is 2. The lowest BCUT2D eigenvalue weighted by Gasteiger charge is -2.28. The highest BCUT2D eigenvalue weighted by molar-refractivity contribution is 7.80. The summed E-state index contributed by atoms with van der Waals surface area (Å²) in [6.45, 7) is 6.36. The van der Waals surface area contributed by atoms with E-state index >= 15 is 0 Å². The highest BCUT2D eigenvalue weighted by atomic mass is 35.5. The SMILES string of the molecule is Cc1ccc(N2C(=S)N[C@H](c3ccccn3)[C@H]2c2cc(C)n(-c3ccccc3Cl)c2C)cc1. The van der Waals surface area contributed by atoms with Gasteiger partial charge in [-0.2, -0.15) is 0 Å². The van der Waals surface area contributed by atoms with Crippen LogP contribution >= 0.6 is 23.8 Å². The molecule has 1 saturated heterocycles. The molecule has 5 rings (SSSR count). The Bertz CT molecular complexity index is 1310. The maximum atomic E-state index is 6.58. The van der Waals surface area contributed by atoms with Crippen LogP contribution in [0.1, 0.15) is 40.3 Å². The second-order valence-corrected chi connectivity index (χ2v) is 9.24. The number of halogens is 1. The summed E-state index contributed by atoms with van der Waals surface area (Å²) in [5.41, 5.74) is 7.66. The van der Waals surface area contributed by atoms with Crippen LogP contribution in [0, 0.1) is 20.8 Å². The van der Waals surface area contributed by atoms with Crippen LogP contribution in [0.5, 0.6) is 0 Å². The molecule has 4 nitrogen and oxygen atoms in total. The van der Waals surface area contributed by atoms with Crippen LogP contribution in [0.4, 0.5) is 5.69 Å². The summed E-state index contributed by atoms with van der Waals surface area (Å²) >= 11 is 12.5. The summed E-state index contributed by atoms with van der Waals surface area (Å²) in [5, 5.41) is 4.97. The number of rotatable bonds is 4. The minimum Gasteiger partial charge on any atom is -0.351 e. The standard InChI is InChI=1S/C27H25ClN4S/c1-17-11-13-20(14-12-17)32-26(25(30-27(32)33)23-9-6-7-15-29-23)21-16-18(2)31(19(21)3)24-10-5-4-8-22(24)28/h4-16,25-26H,1-3H3,(H,30,33)/t25-,26-/m1/s1. The fourth-order valence-corrected chi connectivity index (χ4v) is 5.31. The van der Waals surface area contributed by atoms with E-state index in [0.717, 1.165) is 33.5 Å². The third-order valence-corrected chi connectivity index (χ3v) is 6.93. The van der Waals surface area contributed by atoms with Gasteiger partial charge in [0.15, 0.2) is 5.11 Å². The summed E-state index contributed by atoms with van der Waals surface area (Å²) in [4.78, 5) is 6.88. The lowest BCUT2D eigenvalue weighted by atomic mass is 9.96. The number of aryl methyl sites for hydroxylation is 2. The Morgan fingerprint density at radius 1 is 0.939 bits per heavy atom. The molecule has 0 unspecified atom stereocenters. The van der Waals surface area contributed by atoms with Crippen LogP contribution in [-0.2, 0) is 0 Å². The molecular weight excluding hydrogens is 448 g/mol. The van der Waals surface area contributed by atoms with E-state index in [2.05, 4.69) is 83.0 Å². The maximum Gasteiger partial charge on any atom is 0.174 e. The Labute approximate surface area is 204 Å². The molecule has 3 heterocycles. The summed E-state index contributed by atoms with van der Waals surface area (Å²) in [6.07, 6.45) is 1.83. The number of thiocarbonyl (C=S) groups is 1. The second-order valence-electron chi connectivity index (χ2n) is 8.45. The third-order valence-electron chi connectivity index (χ3n) is 6.29. The average molecular weight is 473 g/mol. The average Bonchev–Trinajstić information content (AvgIpc) is 3.31. The first-order valence-corrected chi connectivity index (χ1v) is 11.8. The van der Waals surface area contributed by atoms with Crippen molar-refractivity contribution >= 4 is 34.6 Å². The monoisotopic (exact) mass is 472 g/mol. The molecule has 6 heteroatoms. The van der Waals surface area contributed by atoms with Gasteiger partial charge in [0.2, 0.25) is 0 Å². The van der Waals surface area contributed by atoms with E-state index in [0.29, 0.717) is 5.11 Å². The first-order valence-electron chi connectivity index (χ1n) is 11.0. The number of pyridine rings is 1. The van der Waals surface area contributed by atoms with Crippen molar-refractivity contribution in [3.8, 4) is 5.69 Å². The molecule has 0 amide bonds. The zero-order valence-corrected chi connectivity index (χ0v) is 20.4. The van der Waals surface area contributed by atoms with Gasteiger partial charge in [-0.3, -0.25) is 4.98 Å².